The van der Waals surface area contributed by atoms with Gasteiger partial charge in [-0.3, -0.25) is 0 Å². The van der Waals surface area contributed by atoms with Gasteiger partial charge < -0.3 is 0 Å². The molecule has 0 bridgehead atoms. The highest BCUT2D eigenvalue weighted by Crippen LogP contribution is 2.07. The molecule has 0 aliphatic carbocycles. The maximum absolute atomic E-state index is 12.6. The van der Waals surface area contributed by atoms with E-state index in [1.807, 2.05) is 22.6 Å². The summed E-state index contributed by atoms with van der Waals surface area (Å²) in [5.41, 5.74) is 0. The smallest absolute Gasteiger partial charge is 0.236 e. The topological polar surface area (TPSA) is 30.7 Å². The lowest BCUT2D eigenvalue weighted by molar-refractivity contribution is 0.543. The van der Waals surface area contributed by atoms with E-state index in [1.165, 1.54) is 0 Å². The molecule has 1 aromatic rings. The molecule has 0 radical (unpaired) electrons. The van der Waals surface area contributed by atoms with Crippen LogP contribution in [0.2, 0.25) is 0 Å². The summed E-state index contributed by atoms with van der Waals surface area (Å²) in [6.45, 7) is 2.84. The third-order valence-corrected chi connectivity index (χ3v) is 2.36. The van der Waals surface area contributed by atoms with Gasteiger partial charge in [0.15, 0.2) is 3.70 Å². The highest BCUT2D eigenvalue weighted by Gasteiger charge is 2.07. The zero-order valence-corrected chi connectivity index (χ0v) is 8.38. The fourth-order valence-corrected chi connectivity index (χ4v) is 1.18. The Balaban J connectivity index is 2.63. The summed E-state index contributed by atoms with van der Waals surface area (Å²) in [5.74, 6) is -0.471. The lowest BCUT2D eigenvalue weighted by Gasteiger charge is -1.97. The highest BCUT2D eigenvalue weighted by molar-refractivity contribution is 14.1. The lowest BCUT2D eigenvalue weighted by Crippen LogP contribution is -2.02. The predicted molar refractivity (Wildman–Crippen MR) is 47.6 cm³/mol. The van der Waals surface area contributed by atoms with E-state index < -0.39 is 5.95 Å². The predicted octanol–water partition coefficient (Wildman–Crippen LogP) is 1.82. The number of unbranched alkanes of at least 4 members (excludes halogenated alkanes) is 1. The Kier molecular flexibility index (Phi) is 3.22. The molecule has 1 heterocycles. The molecule has 0 spiro atoms. The molecular weight excluding hydrogens is 260 g/mol. The van der Waals surface area contributed by atoms with Gasteiger partial charge in [0.2, 0.25) is 0 Å². The summed E-state index contributed by atoms with van der Waals surface area (Å²) >= 11 is 1.90. The minimum Gasteiger partial charge on any atom is -0.236 e. The molecule has 11 heavy (non-hydrogen) atoms. The average Bonchev–Trinajstić information content (AvgIpc) is 2.31. The molecule has 0 unspecified atom stereocenters. The van der Waals surface area contributed by atoms with Gasteiger partial charge in [0.1, 0.15) is 0 Å². The van der Waals surface area contributed by atoms with Crippen LogP contribution in [-0.4, -0.2) is 15.0 Å². The summed E-state index contributed by atoms with van der Waals surface area (Å²) in [5, 5.41) is 6.94. The zero-order valence-electron chi connectivity index (χ0n) is 6.22. The van der Waals surface area contributed by atoms with Crippen molar-refractivity contribution in [1.82, 2.24) is 15.0 Å². The third-order valence-electron chi connectivity index (χ3n) is 1.36. The van der Waals surface area contributed by atoms with Gasteiger partial charge >= 0.3 is 0 Å². The van der Waals surface area contributed by atoms with Crippen molar-refractivity contribution in [2.45, 2.75) is 26.3 Å². The minimum atomic E-state index is -0.471. The Morgan fingerprint density at radius 3 is 2.82 bits per heavy atom. The molecular formula is C6H9FIN3. The van der Waals surface area contributed by atoms with Crippen molar-refractivity contribution in [3.63, 3.8) is 0 Å². The van der Waals surface area contributed by atoms with Gasteiger partial charge in [0.25, 0.3) is 5.95 Å². The molecule has 0 atom stereocenters. The molecule has 5 heteroatoms. The maximum Gasteiger partial charge on any atom is 0.266 e. The Hall–Kier alpha value is -0.200. The number of hydrogen-bond acceptors (Lipinski definition) is 2. The lowest BCUT2D eigenvalue weighted by atomic mass is 10.3. The molecule has 0 saturated heterocycles. The number of hydrogen-bond donors (Lipinski definition) is 0. The summed E-state index contributed by atoms with van der Waals surface area (Å²) in [6.07, 6.45) is 2.09. The van der Waals surface area contributed by atoms with Crippen LogP contribution in [0.4, 0.5) is 4.39 Å². The minimum absolute atomic E-state index is 0.471. The van der Waals surface area contributed by atoms with E-state index in [0.717, 1.165) is 19.4 Å². The van der Waals surface area contributed by atoms with Crippen LogP contribution in [0.5, 0.6) is 0 Å². The third kappa shape index (κ3) is 2.11. The number of nitrogens with zero attached hydrogens (tertiary/aromatic N) is 3. The van der Waals surface area contributed by atoms with E-state index in [-0.39, 0.29) is 0 Å². The number of rotatable bonds is 3. The van der Waals surface area contributed by atoms with E-state index in [0.29, 0.717) is 3.70 Å². The van der Waals surface area contributed by atoms with Crippen LogP contribution in [0.3, 0.4) is 0 Å². The van der Waals surface area contributed by atoms with Crippen molar-refractivity contribution in [3.8, 4) is 0 Å². The molecule has 0 fully saturated rings. The molecule has 0 aromatic carbocycles. The van der Waals surface area contributed by atoms with E-state index in [2.05, 4.69) is 17.2 Å². The van der Waals surface area contributed by atoms with Crippen molar-refractivity contribution >= 4 is 22.6 Å². The Morgan fingerprint density at radius 2 is 2.36 bits per heavy atom. The average molecular weight is 269 g/mol. The number of aromatic nitrogens is 3. The molecule has 0 aliphatic rings. The highest BCUT2D eigenvalue weighted by atomic mass is 127. The molecule has 0 N–H and O–H groups in total. The second-order valence-corrected chi connectivity index (χ2v) is 3.27. The van der Waals surface area contributed by atoms with E-state index in [4.69, 9.17) is 0 Å². The molecule has 0 amide bonds. The van der Waals surface area contributed by atoms with Crippen molar-refractivity contribution in [3.05, 3.63) is 9.65 Å². The van der Waals surface area contributed by atoms with Crippen LogP contribution in [0, 0.1) is 9.65 Å². The SMILES string of the molecule is CCCCn1nnc(F)c1I. The summed E-state index contributed by atoms with van der Waals surface area (Å²) in [4.78, 5) is 0. The Morgan fingerprint density at radius 1 is 1.64 bits per heavy atom. The first-order valence-corrected chi connectivity index (χ1v) is 4.58. The summed E-state index contributed by atoms with van der Waals surface area (Å²) < 4.78 is 14.6. The second-order valence-electron chi connectivity index (χ2n) is 2.25. The Labute approximate surface area is 78.1 Å². The largest absolute Gasteiger partial charge is 0.266 e. The van der Waals surface area contributed by atoms with Gasteiger partial charge in [0, 0.05) is 6.54 Å². The fourth-order valence-electron chi connectivity index (χ4n) is 0.731. The first-order valence-electron chi connectivity index (χ1n) is 3.50. The number of aryl methyl sites for hydroxylation is 1. The second kappa shape index (κ2) is 3.99. The van der Waals surface area contributed by atoms with Gasteiger partial charge in [-0.15, -0.1) is 0 Å². The van der Waals surface area contributed by atoms with Crippen molar-refractivity contribution in [2.75, 3.05) is 0 Å². The zero-order chi connectivity index (χ0) is 8.27. The van der Waals surface area contributed by atoms with Gasteiger partial charge in [-0.25, -0.2) is 4.68 Å². The van der Waals surface area contributed by atoms with Crippen LogP contribution in [0.15, 0.2) is 0 Å². The van der Waals surface area contributed by atoms with Crippen molar-refractivity contribution in [2.24, 2.45) is 0 Å². The van der Waals surface area contributed by atoms with Crippen LogP contribution in [0.1, 0.15) is 19.8 Å². The monoisotopic (exact) mass is 269 g/mol. The normalized spacial score (nSPS) is 10.5. The van der Waals surface area contributed by atoms with E-state index >= 15 is 0 Å². The molecule has 62 valence electrons. The van der Waals surface area contributed by atoms with Crippen LogP contribution in [-0.2, 0) is 6.54 Å². The molecule has 3 nitrogen and oxygen atoms in total. The van der Waals surface area contributed by atoms with Gasteiger partial charge in [-0.2, -0.15) is 4.39 Å². The molecule has 1 rings (SSSR count). The van der Waals surface area contributed by atoms with Crippen LogP contribution in [0.25, 0.3) is 0 Å². The van der Waals surface area contributed by atoms with Crippen LogP contribution >= 0.6 is 22.6 Å². The van der Waals surface area contributed by atoms with Gasteiger partial charge in [-0.05, 0) is 29.0 Å². The van der Waals surface area contributed by atoms with Gasteiger partial charge in [-0.1, -0.05) is 23.7 Å². The Bertz CT molecular complexity index is 236. The molecule has 1 aromatic heterocycles. The summed E-state index contributed by atoms with van der Waals surface area (Å²) in [7, 11) is 0. The van der Waals surface area contributed by atoms with E-state index in [9.17, 15) is 4.39 Å². The first-order chi connectivity index (χ1) is 5.25. The fraction of sp³-hybridized carbons (Fsp3) is 0.667. The van der Waals surface area contributed by atoms with E-state index in [1.54, 1.807) is 4.68 Å². The van der Waals surface area contributed by atoms with Gasteiger partial charge in [0.05, 0.1) is 0 Å². The van der Waals surface area contributed by atoms with Crippen LogP contribution < -0.4 is 0 Å². The first kappa shape index (κ1) is 8.89. The number of halogens is 2. The molecule has 0 saturated carbocycles. The molecule has 0 aliphatic heterocycles. The standard InChI is InChI=1S/C6H9FIN3/c1-2-3-4-11-6(8)5(7)9-10-11/h2-4H2,1H3. The van der Waals surface area contributed by atoms with Crippen molar-refractivity contribution in [1.29, 1.82) is 0 Å². The maximum atomic E-state index is 12.6. The summed E-state index contributed by atoms with van der Waals surface area (Å²) in [6, 6.07) is 0. The van der Waals surface area contributed by atoms with Crippen molar-refractivity contribution < 1.29 is 4.39 Å². The quantitative estimate of drug-likeness (QED) is 0.784.